The van der Waals surface area contributed by atoms with Gasteiger partial charge in [-0.15, -0.1) is 28.1 Å². The quantitative estimate of drug-likeness (QED) is 0.119. The molecule has 210 valence electrons. The molecule has 1 saturated heterocycles. The molecule has 0 aliphatic carbocycles. The molecule has 2 aliphatic heterocycles. The number of nitrogens with zero attached hydrogens (tertiary/aromatic N) is 5. The average Bonchev–Trinajstić information content (AvgIpc) is 3.38. The van der Waals surface area contributed by atoms with Crippen molar-refractivity contribution in [2.45, 2.75) is 28.6 Å². The molecule has 3 atom stereocenters. The number of nitrogen functional groups attached to an aromatic ring is 1. The summed E-state index contributed by atoms with van der Waals surface area (Å²) in [6, 6.07) is 4.79. The summed E-state index contributed by atoms with van der Waals surface area (Å²) >= 11 is 4.05. The van der Waals surface area contributed by atoms with Gasteiger partial charge in [0, 0.05) is 28.5 Å². The lowest BCUT2D eigenvalue weighted by atomic mass is 10.0. The van der Waals surface area contributed by atoms with Crippen molar-refractivity contribution in [1.82, 2.24) is 15.2 Å². The van der Waals surface area contributed by atoms with Crippen LogP contribution in [0.25, 0.3) is 0 Å². The molecule has 15 heteroatoms. The van der Waals surface area contributed by atoms with Crippen LogP contribution in [0.1, 0.15) is 12.6 Å². The topological polar surface area (TPSA) is 165 Å². The monoisotopic (exact) mass is 602 g/mol. The Morgan fingerprint density at radius 1 is 1.43 bits per heavy atom. The van der Waals surface area contributed by atoms with E-state index in [0.717, 1.165) is 16.4 Å². The number of pyridine rings is 1. The number of hydrogen-bond donors (Lipinski definition) is 4. The van der Waals surface area contributed by atoms with E-state index in [1.165, 1.54) is 28.4 Å². The number of aliphatic imine (C=N–C) groups is 1. The van der Waals surface area contributed by atoms with Crippen LogP contribution >= 0.6 is 34.9 Å². The Balaban J connectivity index is 1.51. The summed E-state index contributed by atoms with van der Waals surface area (Å²) in [6.07, 6.45) is 8.88. The molecular formula is C25H28N7O5S3+. The van der Waals surface area contributed by atoms with Gasteiger partial charge < -0.3 is 21.3 Å². The van der Waals surface area contributed by atoms with E-state index in [2.05, 4.69) is 21.9 Å². The molecule has 0 bridgehead atoms. The number of hydrogen-bond acceptors (Lipinski definition) is 11. The highest BCUT2D eigenvalue weighted by Crippen LogP contribution is 2.42. The number of amides is 2. The molecule has 4 rings (SSSR count). The van der Waals surface area contributed by atoms with Gasteiger partial charge in [-0.3, -0.25) is 19.5 Å². The number of carbonyl (C=O) groups excluding carboxylic acids is 2. The Hall–Kier alpha value is -3.66. The van der Waals surface area contributed by atoms with E-state index < -0.39 is 29.2 Å². The first-order chi connectivity index (χ1) is 19.3. The Morgan fingerprint density at radius 2 is 2.23 bits per heavy atom. The van der Waals surface area contributed by atoms with Crippen molar-refractivity contribution in [2.24, 2.45) is 4.99 Å². The van der Waals surface area contributed by atoms with Crippen LogP contribution in [0.15, 0.2) is 76.6 Å². The fraction of sp³-hybridized carbons (Fsp3) is 0.280. The number of rotatable bonds is 12. The van der Waals surface area contributed by atoms with Crippen LogP contribution in [0, 0.1) is 0 Å². The summed E-state index contributed by atoms with van der Waals surface area (Å²) in [5, 5.41) is 25.4. The van der Waals surface area contributed by atoms with Gasteiger partial charge in [0.1, 0.15) is 28.5 Å². The predicted molar refractivity (Wildman–Crippen MR) is 155 cm³/mol. The molecule has 0 radical (unpaired) electrons. The van der Waals surface area contributed by atoms with Crippen molar-refractivity contribution in [3.63, 3.8) is 0 Å². The van der Waals surface area contributed by atoms with Crippen molar-refractivity contribution in [2.75, 3.05) is 29.6 Å². The Bertz CT molecular complexity index is 1390. The number of carbonyl (C=O) groups is 3. The van der Waals surface area contributed by atoms with Gasteiger partial charge in [0.05, 0.1) is 25.6 Å². The lowest BCUT2D eigenvalue weighted by molar-refractivity contribution is -0.715. The second kappa shape index (κ2) is 13.1. The van der Waals surface area contributed by atoms with Gasteiger partial charge in [0.2, 0.25) is 6.20 Å². The third-order valence-electron chi connectivity index (χ3n) is 5.75. The minimum absolute atomic E-state index is 0.0366. The van der Waals surface area contributed by atoms with Crippen LogP contribution < -0.4 is 20.7 Å². The summed E-state index contributed by atoms with van der Waals surface area (Å²) in [5.41, 5.74) is 5.76. The highest BCUT2D eigenvalue weighted by molar-refractivity contribution is 8.03. The summed E-state index contributed by atoms with van der Waals surface area (Å²) in [4.78, 5) is 47.6. The zero-order chi connectivity index (χ0) is 28.8. The number of thiazole rings is 1. The van der Waals surface area contributed by atoms with E-state index in [9.17, 15) is 24.6 Å². The number of fused-ring (bicyclic) bond motifs is 1. The average molecular weight is 603 g/mol. The van der Waals surface area contributed by atoms with Crippen LogP contribution in [0.2, 0.25) is 0 Å². The first kappa shape index (κ1) is 29.3. The molecule has 0 spiro atoms. The van der Waals surface area contributed by atoms with Crippen molar-refractivity contribution in [3.8, 4) is 0 Å². The summed E-state index contributed by atoms with van der Waals surface area (Å²) in [6.45, 7) is 5.44. The first-order valence-corrected chi connectivity index (χ1v) is 14.9. The molecule has 40 heavy (non-hydrogen) atoms. The van der Waals surface area contributed by atoms with Gasteiger partial charge in [-0.2, -0.15) is 0 Å². The lowest BCUT2D eigenvalue weighted by Gasteiger charge is -2.49. The normalized spacial score (nSPS) is 20.5. The third kappa shape index (κ3) is 6.22. The molecule has 5 N–H and O–H groups in total. The molecular weight excluding hydrogens is 575 g/mol. The van der Waals surface area contributed by atoms with Gasteiger partial charge in [-0.05, 0) is 19.1 Å². The number of aromatic nitrogens is 2. The molecule has 4 heterocycles. The van der Waals surface area contributed by atoms with Crippen molar-refractivity contribution in [3.05, 3.63) is 72.3 Å². The Kier molecular flexibility index (Phi) is 9.63. The molecule has 1 unspecified atom stereocenters. The zero-order valence-electron chi connectivity index (χ0n) is 21.4. The fourth-order valence-electron chi connectivity index (χ4n) is 4.03. The van der Waals surface area contributed by atoms with Gasteiger partial charge in [0.25, 0.3) is 16.8 Å². The fourth-order valence-corrected chi connectivity index (χ4v) is 7.24. The second-order valence-electron chi connectivity index (χ2n) is 8.35. The molecule has 2 amide bonds. The molecule has 2 aliphatic rings. The number of allylic oxidation sites excluding steroid dienone is 1. The SMILES string of the molecule is C=CN(/C=C/C)[n+]1ccccc1SCC1C=C(C(=O)O)N2C(=O)[C@@H](NC(=O)C(=NCCO)c3csc(N)n3)[C@H]2S1. The molecule has 12 nitrogen and oxygen atoms in total. The molecule has 0 saturated carbocycles. The maximum atomic E-state index is 13.1. The number of aliphatic carboxylic acids is 1. The van der Waals surface area contributed by atoms with Crippen molar-refractivity contribution >= 4 is 63.5 Å². The van der Waals surface area contributed by atoms with Crippen molar-refractivity contribution < 1.29 is 29.3 Å². The second-order valence-corrected chi connectivity index (χ2v) is 11.6. The minimum Gasteiger partial charge on any atom is -0.477 e. The predicted octanol–water partition coefficient (Wildman–Crippen LogP) is 0.939. The number of aliphatic hydroxyl groups excluding tert-OH is 1. The smallest absolute Gasteiger partial charge is 0.352 e. The van der Waals surface area contributed by atoms with Crippen LogP contribution in [-0.2, 0) is 14.4 Å². The molecule has 2 aromatic heterocycles. The van der Waals surface area contributed by atoms with Crippen LogP contribution in [0.3, 0.4) is 0 Å². The number of aliphatic hydroxyl groups is 1. The van der Waals surface area contributed by atoms with E-state index in [1.807, 2.05) is 53.3 Å². The van der Waals surface area contributed by atoms with E-state index >= 15 is 0 Å². The van der Waals surface area contributed by atoms with E-state index in [4.69, 9.17) is 5.73 Å². The maximum absolute atomic E-state index is 13.1. The highest BCUT2D eigenvalue weighted by atomic mass is 32.2. The Morgan fingerprint density at radius 3 is 2.88 bits per heavy atom. The summed E-state index contributed by atoms with van der Waals surface area (Å²) in [7, 11) is 0. The summed E-state index contributed by atoms with van der Waals surface area (Å²) < 4.78 is 1.91. The van der Waals surface area contributed by atoms with Crippen LogP contribution in [0.4, 0.5) is 5.13 Å². The number of carboxylic acids is 1. The van der Waals surface area contributed by atoms with Crippen LogP contribution in [0.5, 0.6) is 0 Å². The molecule has 1 fully saturated rings. The Labute approximate surface area is 242 Å². The first-order valence-electron chi connectivity index (χ1n) is 12.1. The number of nitrogens with two attached hydrogens (primary N) is 1. The van der Waals surface area contributed by atoms with E-state index in [1.54, 1.807) is 17.7 Å². The van der Waals surface area contributed by atoms with Gasteiger partial charge in [-0.25, -0.2) is 9.78 Å². The third-order valence-corrected chi connectivity index (χ3v) is 9.20. The lowest BCUT2D eigenvalue weighted by Crippen LogP contribution is -2.71. The number of carboxylic acid groups (broad SMARTS) is 1. The van der Waals surface area contributed by atoms with Gasteiger partial charge >= 0.3 is 5.97 Å². The maximum Gasteiger partial charge on any atom is 0.352 e. The summed E-state index contributed by atoms with van der Waals surface area (Å²) in [5.74, 6) is -1.90. The van der Waals surface area contributed by atoms with Crippen LogP contribution in [-0.4, -0.2) is 79.2 Å². The zero-order valence-corrected chi connectivity index (χ0v) is 23.9. The largest absolute Gasteiger partial charge is 0.477 e. The molecule has 0 aromatic carbocycles. The van der Waals surface area contributed by atoms with Crippen molar-refractivity contribution in [1.29, 1.82) is 0 Å². The minimum atomic E-state index is -1.22. The van der Waals surface area contributed by atoms with E-state index in [0.29, 0.717) is 5.75 Å². The standard InChI is InChI=1S/C25H27N7O5S3/c1-3-9-30(4-2)31-10-6-5-7-18(31)38-13-15-12-17(24(36)37)32-22(35)20(23(32)40-15)29-21(34)19(27-8-11-33)16-14-39-25(26)28-16/h3-7,9-10,12,14-15,20,23,33H,2,8,11,13H2,1H3,(H3-,26,28,29,34,36,37)/p+1/b9-3+,27-19?/t15?,20-,23-/m1/s1. The number of anilines is 1. The highest BCUT2D eigenvalue weighted by Gasteiger charge is 2.54. The van der Waals surface area contributed by atoms with Gasteiger partial charge in [-0.1, -0.05) is 29.1 Å². The molecule has 2 aromatic rings. The number of thioether (sulfide) groups is 2. The van der Waals surface area contributed by atoms with Gasteiger partial charge in [0.15, 0.2) is 5.13 Å². The van der Waals surface area contributed by atoms with E-state index in [-0.39, 0.29) is 40.6 Å². The number of β-lactam (4-membered cyclic amide) rings is 1. The number of nitrogens with one attached hydrogen (secondary N) is 1.